The molecular weight excluding hydrogens is 234 g/mol. The van der Waals surface area contributed by atoms with Crippen molar-refractivity contribution in [3.63, 3.8) is 0 Å². The maximum atomic E-state index is 5.12. The summed E-state index contributed by atoms with van der Waals surface area (Å²) in [5, 5.41) is 1.16. The van der Waals surface area contributed by atoms with Gasteiger partial charge >= 0.3 is 0 Å². The molecule has 3 aromatic rings. The average molecular weight is 247 g/mol. The monoisotopic (exact) mass is 247 g/mol. The highest BCUT2D eigenvalue weighted by molar-refractivity contribution is 5.86. The molecule has 2 heteroatoms. The van der Waals surface area contributed by atoms with Crippen LogP contribution in [0.1, 0.15) is 11.1 Å². The summed E-state index contributed by atoms with van der Waals surface area (Å²) in [5.41, 5.74) is 3.11. The molecule has 92 valence electrons. The molecule has 0 atom stereocenters. The minimum Gasteiger partial charge on any atom is -0.497 e. The molecule has 0 spiro atoms. The van der Waals surface area contributed by atoms with Crippen LogP contribution in [0.4, 0.5) is 0 Å². The van der Waals surface area contributed by atoms with Crippen molar-refractivity contribution >= 4 is 10.9 Å². The number of para-hydroxylation sites is 1. The summed E-state index contributed by atoms with van der Waals surface area (Å²) < 4.78 is 5.12. The first-order chi connectivity index (χ1) is 9.36. The number of benzene rings is 2. The minimum absolute atomic E-state index is 0.845. The first-order valence-corrected chi connectivity index (χ1v) is 6.09. The summed E-state index contributed by atoms with van der Waals surface area (Å²) >= 11 is 0. The molecule has 3 rings (SSSR count). The molecule has 0 unspecified atom stereocenters. The van der Waals surface area contributed by atoms with Gasteiger partial charge in [-0.1, -0.05) is 30.0 Å². The fraction of sp³-hybridized carbons (Fsp3) is 0.0588. The van der Waals surface area contributed by atoms with E-state index in [-0.39, 0.29) is 0 Å². The molecule has 19 heavy (non-hydrogen) atoms. The number of hydrogen-bond acceptors (Lipinski definition) is 1. The van der Waals surface area contributed by atoms with E-state index in [1.165, 1.54) is 0 Å². The van der Waals surface area contributed by atoms with E-state index in [1.54, 1.807) is 7.11 Å². The van der Waals surface area contributed by atoms with E-state index in [2.05, 4.69) is 22.9 Å². The summed E-state index contributed by atoms with van der Waals surface area (Å²) in [7, 11) is 1.66. The van der Waals surface area contributed by atoms with Crippen molar-refractivity contribution in [2.24, 2.45) is 0 Å². The standard InChI is InChI=1S/C17H13NO/c1-19-15-10-7-13(8-11-15)6-9-14-12-18-17-5-3-2-4-16(14)17/h2-5,7-8,10-12,18H,1H3. The largest absolute Gasteiger partial charge is 0.497 e. The molecule has 0 aliphatic heterocycles. The Balaban J connectivity index is 1.94. The number of rotatable bonds is 1. The Hall–Kier alpha value is -2.66. The van der Waals surface area contributed by atoms with Gasteiger partial charge in [-0.05, 0) is 30.3 Å². The Kier molecular flexibility index (Phi) is 2.96. The molecule has 0 aliphatic rings. The van der Waals surface area contributed by atoms with Crippen LogP contribution in [0.25, 0.3) is 10.9 Å². The molecule has 0 saturated carbocycles. The second-order valence-electron chi connectivity index (χ2n) is 4.23. The molecule has 0 bridgehead atoms. The smallest absolute Gasteiger partial charge is 0.118 e. The first-order valence-electron chi connectivity index (χ1n) is 6.09. The molecule has 0 aliphatic carbocycles. The number of hydrogen-bond donors (Lipinski definition) is 1. The van der Waals surface area contributed by atoms with Crippen molar-refractivity contribution in [1.29, 1.82) is 0 Å². The third-order valence-corrected chi connectivity index (χ3v) is 3.02. The van der Waals surface area contributed by atoms with Crippen molar-refractivity contribution < 1.29 is 4.74 Å². The number of fused-ring (bicyclic) bond motifs is 1. The lowest BCUT2D eigenvalue weighted by molar-refractivity contribution is 0.415. The SMILES string of the molecule is COc1ccc(C#Cc2c[nH]c3ccccc23)cc1. The van der Waals surface area contributed by atoms with Gasteiger partial charge in [-0.25, -0.2) is 0 Å². The summed E-state index contributed by atoms with van der Waals surface area (Å²) in [6.07, 6.45) is 1.95. The normalized spacial score (nSPS) is 9.95. The zero-order valence-electron chi connectivity index (χ0n) is 10.6. The zero-order valence-corrected chi connectivity index (χ0v) is 10.6. The van der Waals surface area contributed by atoms with Gasteiger partial charge in [-0.3, -0.25) is 0 Å². The molecule has 2 aromatic carbocycles. The van der Waals surface area contributed by atoms with E-state index in [0.717, 1.165) is 27.8 Å². The number of nitrogens with one attached hydrogen (secondary N) is 1. The van der Waals surface area contributed by atoms with E-state index in [1.807, 2.05) is 48.7 Å². The Morgan fingerprint density at radius 1 is 0.947 bits per heavy atom. The van der Waals surface area contributed by atoms with Gasteiger partial charge in [0.2, 0.25) is 0 Å². The van der Waals surface area contributed by atoms with Gasteiger partial charge in [0.1, 0.15) is 5.75 Å². The highest BCUT2D eigenvalue weighted by Gasteiger charge is 1.98. The van der Waals surface area contributed by atoms with Gasteiger partial charge in [-0.15, -0.1) is 0 Å². The molecule has 1 aromatic heterocycles. The van der Waals surface area contributed by atoms with Gasteiger partial charge < -0.3 is 9.72 Å². The maximum absolute atomic E-state index is 5.12. The number of aromatic nitrogens is 1. The minimum atomic E-state index is 0.845. The van der Waals surface area contributed by atoms with Gasteiger partial charge in [0, 0.05) is 22.7 Å². The van der Waals surface area contributed by atoms with Crippen LogP contribution in [0.3, 0.4) is 0 Å². The lowest BCUT2D eigenvalue weighted by Gasteiger charge is -1.97. The van der Waals surface area contributed by atoms with Crippen LogP contribution in [0, 0.1) is 11.8 Å². The average Bonchev–Trinajstić information content (AvgIpc) is 2.89. The van der Waals surface area contributed by atoms with Crippen molar-refractivity contribution in [2.45, 2.75) is 0 Å². The van der Waals surface area contributed by atoms with Crippen LogP contribution < -0.4 is 4.74 Å². The third kappa shape index (κ3) is 2.31. The summed E-state index contributed by atoms with van der Waals surface area (Å²) in [4.78, 5) is 3.22. The number of H-pyrrole nitrogens is 1. The van der Waals surface area contributed by atoms with E-state index < -0.39 is 0 Å². The van der Waals surface area contributed by atoms with Crippen LogP contribution >= 0.6 is 0 Å². The van der Waals surface area contributed by atoms with Crippen molar-refractivity contribution in [1.82, 2.24) is 4.98 Å². The second kappa shape index (κ2) is 4.91. The Morgan fingerprint density at radius 3 is 2.53 bits per heavy atom. The highest BCUT2D eigenvalue weighted by Crippen LogP contribution is 2.16. The molecule has 2 nitrogen and oxygen atoms in total. The Morgan fingerprint density at radius 2 is 1.74 bits per heavy atom. The van der Waals surface area contributed by atoms with Gasteiger partial charge in [0.25, 0.3) is 0 Å². The third-order valence-electron chi connectivity index (χ3n) is 3.02. The second-order valence-corrected chi connectivity index (χ2v) is 4.23. The maximum Gasteiger partial charge on any atom is 0.118 e. The van der Waals surface area contributed by atoms with E-state index in [4.69, 9.17) is 4.74 Å². The molecule has 0 amide bonds. The van der Waals surface area contributed by atoms with Crippen molar-refractivity contribution in [3.05, 3.63) is 65.9 Å². The van der Waals surface area contributed by atoms with Gasteiger partial charge in [0.15, 0.2) is 0 Å². The fourth-order valence-corrected chi connectivity index (χ4v) is 1.99. The summed E-state index contributed by atoms with van der Waals surface area (Å²) in [6.45, 7) is 0. The Bertz CT molecular complexity index is 757. The van der Waals surface area contributed by atoms with Gasteiger partial charge in [-0.2, -0.15) is 0 Å². The number of methoxy groups -OCH3 is 1. The fourth-order valence-electron chi connectivity index (χ4n) is 1.99. The number of ether oxygens (including phenoxy) is 1. The predicted octanol–water partition coefficient (Wildman–Crippen LogP) is 3.58. The molecule has 0 radical (unpaired) electrons. The first kappa shape index (κ1) is 11.4. The van der Waals surface area contributed by atoms with Gasteiger partial charge in [0.05, 0.1) is 12.7 Å². The molecule has 1 heterocycles. The number of aromatic amines is 1. The summed E-state index contributed by atoms with van der Waals surface area (Å²) in [6, 6.07) is 15.9. The molecule has 1 N–H and O–H groups in total. The Labute approximate surface area is 112 Å². The predicted molar refractivity (Wildman–Crippen MR) is 77.3 cm³/mol. The van der Waals surface area contributed by atoms with E-state index >= 15 is 0 Å². The van der Waals surface area contributed by atoms with Crippen LogP contribution in [0.5, 0.6) is 5.75 Å². The van der Waals surface area contributed by atoms with Crippen LogP contribution in [0.15, 0.2) is 54.7 Å². The van der Waals surface area contributed by atoms with E-state index in [9.17, 15) is 0 Å². The summed E-state index contributed by atoms with van der Waals surface area (Å²) in [5.74, 6) is 7.21. The lowest BCUT2D eigenvalue weighted by atomic mass is 10.1. The quantitative estimate of drug-likeness (QED) is 0.653. The molecule has 0 saturated heterocycles. The lowest BCUT2D eigenvalue weighted by Crippen LogP contribution is -1.81. The highest BCUT2D eigenvalue weighted by atomic mass is 16.5. The topological polar surface area (TPSA) is 25.0 Å². The zero-order chi connectivity index (χ0) is 13.1. The van der Waals surface area contributed by atoms with Crippen LogP contribution in [-0.2, 0) is 0 Å². The van der Waals surface area contributed by atoms with Crippen molar-refractivity contribution in [2.75, 3.05) is 7.11 Å². The van der Waals surface area contributed by atoms with Crippen molar-refractivity contribution in [3.8, 4) is 17.6 Å². The molecular formula is C17H13NO. The van der Waals surface area contributed by atoms with Crippen LogP contribution in [-0.4, -0.2) is 12.1 Å². The molecule has 0 fully saturated rings. The van der Waals surface area contributed by atoms with E-state index in [0.29, 0.717) is 0 Å². The van der Waals surface area contributed by atoms with Crippen LogP contribution in [0.2, 0.25) is 0 Å².